The quantitative estimate of drug-likeness (QED) is 0.628. The molecular weight excluding hydrogens is 283 g/mol. The van der Waals surface area contributed by atoms with Gasteiger partial charge in [-0.15, -0.1) is 0 Å². The van der Waals surface area contributed by atoms with Crippen LogP contribution in [0.3, 0.4) is 0 Å². The van der Waals surface area contributed by atoms with Crippen LogP contribution in [0.2, 0.25) is 10.0 Å². The molecule has 2 unspecified atom stereocenters. The normalized spacial score (nSPS) is 24.8. The smallest absolute Gasteiger partial charge is 0.106 e. The summed E-state index contributed by atoms with van der Waals surface area (Å²) >= 11 is 12.1. The lowest BCUT2D eigenvalue weighted by atomic mass is 9.81. The number of benzene rings is 1. The molecule has 19 heavy (non-hydrogen) atoms. The molecular formula is C14H18Cl2N2O. The van der Waals surface area contributed by atoms with Gasteiger partial charge in [-0.05, 0) is 43.6 Å². The third-order valence-electron chi connectivity index (χ3n) is 3.59. The Balaban J connectivity index is 2.23. The lowest BCUT2D eigenvalue weighted by molar-refractivity contribution is 0.199. The maximum atomic E-state index is 6.11. The van der Waals surface area contributed by atoms with Crippen molar-refractivity contribution in [2.24, 2.45) is 11.1 Å². The van der Waals surface area contributed by atoms with Crippen molar-refractivity contribution in [1.82, 2.24) is 4.90 Å². The first-order valence-electron chi connectivity index (χ1n) is 6.32. The number of hydrogen-bond donors (Lipinski definition) is 0. The van der Waals surface area contributed by atoms with Gasteiger partial charge in [0.2, 0.25) is 0 Å². The predicted molar refractivity (Wildman–Crippen MR) is 80.3 cm³/mol. The Hall–Kier alpha value is -0.770. The van der Waals surface area contributed by atoms with E-state index in [0.717, 1.165) is 19.5 Å². The van der Waals surface area contributed by atoms with Crippen molar-refractivity contribution in [1.29, 1.82) is 0 Å². The third kappa shape index (κ3) is 3.62. The molecule has 3 nitrogen and oxygen atoms in total. The van der Waals surface area contributed by atoms with Crippen LogP contribution in [0, 0.1) is 5.92 Å². The molecule has 0 spiro atoms. The Morgan fingerprint density at radius 3 is 2.84 bits per heavy atom. The molecule has 104 valence electrons. The maximum absolute atomic E-state index is 6.11. The molecule has 0 N–H and O–H groups in total. The van der Waals surface area contributed by atoms with Gasteiger partial charge in [0.1, 0.15) is 7.11 Å². The van der Waals surface area contributed by atoms with E-state index in [1.807, 2.05) is 18.3 Å². The highest BCUT2D eigenvalue weighted by atomic mass is 35.5. The zero-order valence-electron chi connectivity index (χ0n) is 11.1. The zero-order valence-corrected chi connectivity index (χ0v) is 12.7. The zero-order chi connectivity index (χ0) is 13.8. The summed E-state index contributed by atoms with van der Waals surface area (Å²) in [6.45, 7) is 2.04. The van der Waals surface area contributed by atoms with Crippen molar-refractivity contribution < 1.29 is 4.84 Å². The molecule has 1 heterocycles. The highest BCUT2D eigenvalue weighted by molar-refractivity contribution is 6.42. The highest BCUT2D eigenvalue weighted by Gasteiger charge is 2.28. The minimum Gasteiger partial charge on any atom is -0.399 e. The van der Waals surface area contributed by atoms with E-state index in [4.69, 9.17) is 28.0 Å². The van der Waals surface area contributed by atoms with E-state index >= 15 is 0 Å². The van der Waals surface area contributed by atoms with E-state index in [0.29, 0.717) is 21.9 Å². The second-order valence-corrected chi connectivity index (χ2v) is 5.75. The first-order valence-corrected chi connectivity index (χ1v) is 7.07. The molecule has 1 aliphatic heterocycles. The van der Waals surface area contributed by atoms with Crippen LogP contribution < -0.4 is 0 Å². The van der Waals surface area contributed by atoms with Crippen LogP contribution in [-0.2, 0) is 4.84 Å². The van der Waals surface area contributed by atoms with Crippen molar-refractivity contribution in [3.8, 4) is 0 Å². The van der Waals surface area contributed by atoms with Crippen LogP contribution in [0.5, 0.6) is 0 Å². The second-order valence-electron chi connectivity index (χ2n) is 4.93. The summed E-state index contributed by atoms with van der Waals surface area (Å²) in [5.41, 5.74) is 1.22. The Bertz CT molecular complexity index is 465. The molecule has 1 saturated heterocycles. The molecule has 0 saturated carbocycles. The second kappa shape index (κ2) is 6.60. The summed E-state index contributed by atoms with van der Waals surface area (Å²) in [5, 5.41) is 5.14. The summed E-state index contributed by atoms with van der Waals surface area (Å²) in [6, 6.07) is 5.88. The molecule has 0 amide bonds. The molecule has 1 aromatic rings. The summed E-state index contributed by atoms with van der Waals surface area (Å²) in [7, 11) is 3.69. The number of piperidine rings is 1. The topological polar surface area (TPSA) is 24.8 Å². The molecule has 1 fully saturated rings. The van der Waals surface area contributed by atoms with Crippen molar-refractivity contribution in [3.63, 3.8) is 0 Å². The third-order valence-corrected chi connectivity index (χ3v) is 4.33. The molecule has 1 aliphatic rings. The lowest BCUT2D eigenvalue weighted by Crippen LogP contribution is -2.37. The summed E-state index contributed by atoms with van der Waals surface area (Å²) in [6.07, 6.45) is 2.97. The predicted octanol–water partition coefficient (Wildman–Crippen LogP) is 3.66. The van der Waals surface area contributed by atoms with Gasteiger partial charge < -0.3 is 9.74 Å². The van der Waals surface area contributed by atoms with Crippen molar-refractivity contribution in [2.45, 2.75) is 12.3 Å². The lowest BCUT2D eigenvalue weighted by Gasteiger charge is -2.35. The molecule has 2 rings (SSSR count). The summed E-state index contributed by atoms with van der Waals surface area (Å²) in [5.74, 6) is 0.737. The van der Waals surface area contributed by atoms with E-state index < -0.39 is 0 Å². The Labute approximate surface area is 124 Å². The molecule has 0 bridgehead atoms. The van der Waals surface area contributed by atoms with Crippen LogP contribution in [0.4, 0.5) is 0 Å². The average molecular weight is 301 g/mol. The van der Waals surface area contributed by atoms with E-state index in [9.17, 15) is 0 Å². The standard InChI is InChI=1S/C14H18Cl2N2O/c1-18-6-5-12(11(9-18)8-17-19-2)10-3-4-13(15)14(16)7-10/h3-4,7-8,11-12H,5-6,9H2,1-2H3. The van der Waals surface area contributed by atoms with E-state index in [-0.39, 0.29) is 0 Å². The molecule has 0 radical (unpaired) electrons. The van der Waals surface area contributed by atoms with Gasteiger partial charge in [0.15, 0.2) is 0 Å². The number of nitrogens with zero attached hydrogens (tertiary/aromatic N) is 2. The first-order chi connectivity index (χ1) is 9.11. The van der Waals surface area contributed by atoms with Gasteiger partial charge in [0.25, 0.3) is 0 Å². The van der Waals surface area contributed by atoms with Crippen LogP contribution in [0.25, 0.3) is 0 Å². The molecule has 1 aromatic carbocycles. The monoisotopic (exact) mass is 300 g/mol. The van der Waals surface area contributed by atoms with Gasteiger partial charge >= 0.3 is 0 Å². The summed E-state index contributed by atoms with van der Waals surface area (Å²) in [4.78, 5) is 7.12. The fourth-order valence-corrected chi connectivity index (χ4v) is 2.91. The number of halogens is 2. The molecule has 5 heteroatoms. The molecule has 0 aliphatic carbocycles. The van der Waals surface area contributed by atoms with Crippen LogP contribution in [0.15, 0.2) is 23.4 Å². The summed E-state index contributed by atoms with van der Waals surface area (Å²) < 4.78 is 0. The highest BCUT2D eigenvalue weighted by Crippen LogP contribution is 2.34. The van der Waals surface area contributed by atoms with Crippen LogP contribution >= 0.6 is 23.2 Å². The maximum Gasteiger partial charge on any atom is 0.106 e. The number of rotatable bonds is 3. The van der Waals surface area contributed by atoms with Gasteiger partial charge in [-0.3, -0.25) is 0 Å². The van der Waals surface area contributed by atoms with Crippen LogP contribution in [0.1, 0.15) is 17.9 Å². The Morgan fingerprint density at radius 1 is 1.37 bits per heavy atom. The number of likely N-dealkylation sites (tertiary alicyclic amines) is 1. The first kappa shape index (κ1) is 14.6. The average Bonchev–Trinajstić information content (AvgIpc) is 2.40. The minimum atomic E-state index is 0.330. The fraction of sp³-hybridized carbons (Fsp3) is 0.500. The Kier molecular flexibility index (Phi) is 5.08. The largest absolute Gasteiger partial charge is 0.399 e. The van der Waals surface area contributed by atoms with Gasteiger partial charge in [0, 0.05) is 18.7 Å². The van der Waals surface area contributed by atoms with Gasteiger partial charge in [0.05, 0.1) is 10.0 Å². The van der Waals surface area contributed by atoms with Crippen molar-refractivity contribution in [2.75, 3.05) is 27.2 Å². The van der Waals surface area contributed by atoms with Crippen molar-refractivity contribution in [3.05, 3.63) is 33.8 Å². The van der Waals surface area contributed by atoms with Gasteiger partial charge in [-0.25, -0.2) is 0 Å². The minimum absolute atomic E-state index is 0.330. The molecule has 2 atom stereocenters. The van der Waals surface area contributed by atoms with E-state index in [2.05, 4.69) is 23.2 Å². The number of hydrogen-bond acceptors (Lipinski definition) is 3. The molecule has 0 aromatic heterocycles. The Morgan fingerprint density at radius 2 is 2.16 bits per heavy atom. The SMILES string of the molecule is CON=CC1CN(C)CCC1c1ccc(Cl)c(Cl)c1. The number of oxime groups is 1. The fourth-order valence-electron chi connectivity index (χ4n) is 2.60. The van der Waals surface area contributed by atoms with E-state index in [1.165, 1.54) is 5.56 Å². The van der Waals surface area contributed by atoms with Crippen molar-refractivity contribution >= 4 is 29.4 Å². The van der Waals surface area contributed by atoms with Gasteiger partial charge in [-0.1, -0.05) is 34.4 Å². The van der Waals surface area contributed by atoms with E-state index in [1.54, 1.807) is 7.11 Å². The van der Waals surface area contributed by atoms with Crippen LogP contribution in [-0.4, -0.2) is 38.4 Å². The van der Waals surface area contributed by atoms with Gasteiger partial charge in [-0.2, -0.15) is 0 Å².